The summed E-state index contributed by atoms with van der Waals surface area (Å²) < 4.78 is 0.433. The molecule has 6 heteroatoms. The molecule has 1 aliphatic rings. The Morgan fingerprint density at radius 3 is 3.00 bits per heavy atom. The molecule has 0 radical (unpaired) electrons. The molecule has 2 rings (SSSR count). The van der Waals surface area contributed by atoms with Crippen molar-refractivity contribution in [3.8, 4) is 5.75 Å². The minimum atomic E-state index is -0.145. The predicted octanol–water partition coefficient (Wildman–Crippen LogP) is 2.31. The molecule has 0 bridgehead atoms. The molecular weight excluding hydrogens is 280 g/mol. The maximum Gasteiger partial charge on any atom is 0.259 e. The van der Waals surface area contributed by atoms with Gasteiger partial charge in [0.15, 0.2) is 4.32 Å². The Morgan fingerprint density at radius 2 is 2.37 bits per heavy atom. The number of hydrazone groups is 1. The van der Waals surface area contributed by atoms with Crippen LogP contribution in [0, 0.1) is 0 Å². The Hall–Kier alpha value is -1.66. The predicted molar refractivity (Wildman–Crippen MR) is 81.5 cm³/mol. The number of aromatic hydroxyl groups is 1. The normalized spacial score (nSPS) is 15.5. The first-order chi connectivity index (χ1) is 9.13. The van der Waals surface area contributed by atoms with Crippen LogP contribution in [0.25, 0.3) is 0 Å². The van der Waals surface area contributed by atoms with Crippen LogP contribution in [0.15, 0.2) is 36.0 Å². The number of carbonyl (C=O) groups excluding carboxylic acids is 1. The zero-order valence-electron chi connectivity index (χ0n) is 10.1. The summed E-state index contributed by atoms with van der Waals surface area (Å²) in [5.74, 6) is 0.322. The van der Waals surface area contributed by atoms with Crippen molar-refractivity contribution in [2.45, 2.75) is 6.42 Å². The maximum absolute atomic E-state index is 11.5. The molecule has 0 spiro atoms. The molecule has 1 aromatic carbocycles. The summed E-state index contributed by atoms with van der Waals surface area (Å²) in [7, 11) is 0. The van der Waals surface area contributed by atoms with Crippen molar-refractivity contribution in [1.82, 2.24) is 5.01 Å². The summed E-state index contributed by atoms with van der Waals surface area (Å²) in [5, 5.41) is 15.3. The molecule has 1 aromatic rings. The van der Waals surface area contributed by atoms with Gasteiger partial charge in [0.1, 0.15) is 5.75 Å². The van der Waals surface area contributed by atoms with Gasteiger partial charge in [-0.3, -0.25) is 4.79 Å². The number of phenols is 1. The number of carbonyl (C=O) groups is 1. The molecule has 0 aliphatic carbocycles. The van der Waals surface area contributed by atoms with Crippen molar-refractivity contribution >= 4 is 40.4 Å². The van der Waals surface area contributed by atoms with Gasteiger partial charge in [-0.2, -0.15) is 10.1 Å². The van der Waals surface area contributed by atoms with Crippen LogP contribution in [0.3, 0.4) is 0 Å². The highest BCUT2D eigenvalue weighted by molar-refractivity contribution is 8.23. The third kappa shape index (κ3) is 3.02. The maximum atomic E-state index is 11.5. The van der Waals surface area contributed by atoms with Crippen LogP contribution in [-0.4, -0.2) is 32.3 Å². The third-order valence-electron chi connectivity index (χ3n) is 2.56. The molecular formula is C13H12N2O2S2. The molecule has 1 heterocycles. The number of phenolic OH excluding ortho intramolecular Hbond substituents is 1. The quantitative estimate of drug-likeness (QED) is 0.526. The van der Waals surface area contributed by atoms with E-state index in [1.165, 1.54) is 23.0 Å². The number of benzene rings is 1. The van der Waals surface area contributed by atoms with E-state index < -0.39 is 0 Å². The average molecular weight is 292 g/mol. The molecule has 19 heavy (non-hydrogen) atoms. The summed E-state index contributed by atoms with van der Waals surface area (Å²) in [6, 6.07) is 5.36. The van der Waals surface area contributed by atoms with Gasteiger partial charge in [-0.25, -0.2) is 0 Å². The molecule has 1 aliphatic heterocycles. The molecule has 0 aromatic heterocycles. The summed E-state index contributed by atoms with van der Waals surface area (Å²) >= 11 is 6.29. The first kappa shape index (κ1) is 13.8. The van der Waals surface area contributed by atoms with Crippen molar-refractivity contribution in [1.29, 1.82) is 0 Å². The average Bonchev–Trinajstić information content (AvgIpc) is 2.71. The fourth-order valence-corrected chi connectivity index (χ4v) is 2.58. The lowest BCUT2D eigenvalue weighted by molar-refractivity contribution is -0.123. The minimum Gasteiger partial charge on any atom is -0.507 e. The van der Waals surface area contributed by atoms with Crippen molar-refractivity contribution in [3.63, 3.8) is 0 Å². The molecule has 0 unspecified atom stereocenters. The Balaban J connectivity index is 2.23. The van der Waals surface area contributed by atoms with E-state index in [2.05, 4.69) is 11.7 Å². The number of nitrogens with zero attached hydrogens (tertiary/aromatic N) is 2. The summed E-state index contributed by atoms with van der Waals surface area (Å²) in [5.41, 5.74) is 1.32. The van der Waals surface area contributed by atoms with Crippen LogP contribution in [-0.2, 0) is 11.2 Å². The SMILES string of the molecule is C=CCc1cccc(C=NN2C(=O)CSC2=S)c1O. The van der Waals surface area contributed by atoms with Gasteiger partial charge in [0.25, 0.3) is 5.91 Å². The van der Waals surface area contributed by atoms with Crippen LogP contribution in [0.4, 0.5) is 0 Å². The van der Waals surface area contributed by atoms with E-state index in [0.717, 1.165) is 5.56 Å². The second kappa shape index (κ2) is 5.99. The van der Waals surface area contributed by atoms with Gasteiger partial charge in [0.2, 0.25) is 0 Å². The number of hydrogen-bond donors (Lipinski definition) is 1. The Labute approximate surface area is 120 Å². The molecule has 1 N–H and O–H groups in total. The van der Waals surface area contributed by atoms with E-state index in [9.17, 15) is 9.90 Å². The highest BCUT2D eigenvalue weighted by Gasteiger charge is 2.26. The molecule has 1 amide bonds. The van der Waals surface area contributed by atoms with Gasteiger partial charge in [0.05, 0.1) is 12.0 Å². The molecule has 0 atom stereocenters. The summed E-state index contributed by atoms with van der Waals surface area (Å²) in [4.78, 5) is 11.5. The van der Waals surface area contributed by atoms with Gasteiger partial charge in [-0.15, -0.1) is 6.58 Å². The standard InChI is InChI=1S/C13H12N2O2S2/c1-2-4-9-5-3-6-10(12(9)17)7-14-15-11(16)8-19-13(15)18/h2-3,5-7,17H,1,4,8H2. The number of thioether (sulfide) groups is 1. The third-order valence-corrected chi connectivity index (χ3v) is 3.89. The lowest BCUT2D eigenvalue weighted by atomic mass is 10.1. The van der Waals surface area contributed by atoms with E-state index in [0.29, 0.717) is 22.1 Å². The highest BCUT2D eigenvalue weighted by atomic mass is 32.2. The Bertz CT molecular complexity index is 554. The zero-order valence-corrected chi connectivity index (χ0v) is 11.7. The number of rotatable bonds is 4. The van der Waals surface area contributed by atoms with E-state index in [1.54, 1.807) is 12.1 Å². The lowest BCUT2D eigenvalue weighted by Gasteiger charge is -2.08. The largest absolute Gasteiger partial charge is 0.507 e. The first-order valence-corrected chi connectivity index (χ1v) is 6.98. The van der Waals surface area contributed by atoms with E-state index >= 15 is 0 Å². The van der Waals surface area contributed by atoms with Crippen LogP contribution in [0.5, 0.6) is 5.75 Å². The number of allylic oxidation sites excluding steroid dienone is 1. The second-order valence-corrected chi connectivity index (χ2v) is 5.46. The second-order valence-electron chi connectivity index (χ2n) is 3.85. The van der Waals surface area contributed by atoms with Gasteiger partial charge in [-0.1, -0.05) is 42.2 Å². The van der Waals surface area contributed by atoms with Crippen LogP contribution in [0.1, 0.15) is 11.1 Å². The van der Waals surface area contributed by atoms with Crippen molar-refractivity contribution < 1.29 is 9.90 Å². The molecule has 1 saturated heterocycles. The van der Waals surface area contributed by atoms with Crippen molar-refractivity contribution in [2.24, 2.45) is 5.10 Å². The number of amides is 1. The number of para-hydroxylation sites is 1. The summed E-state index contributed by atoms with van der Waals surface area (Å²) in [6.07, 6.45) is 3.73. The Morgan fingerprint density at radius 1 is 1.58 bits per heavy atom. The fraction of sp³-hybridized carbons (Fsp3) is 0.154. The van der Waals surface area contributed by atoms with Gasteiger partial charge in [-0.05, 0) is 18.1 Å². The van der Waals surface area contributed by atoms with Crippen LogP contribution < -0.4 is 0 Å². The number of thiocarbonyl (C=S) groups is 1. The Kier molecular flexibility index (Phi) is 4.34. The molecule has 4 nitrogen and oxygen atoms in total. The smallest absolute Gasteiger partial charge is 0.259 e. The van der Waals surface area contributed by atoms with E-state index in [1.807, 2.05) is 12.1 Å². The van der Waals surface area contributed by atoms with Gasteiger partial charge >= 0.3 is 0 Å². The van der Waals surface area contributed by atoms with Crippen LogP contribution >= 0.6 is 24.0 Å². The molecule has 98 valence electrons. The van der Waals surface area contributed by atoms with Crippen molar-refractivity contribution in [2.75, 3.05) is 5.75 Å². The van der Waals surface area contributed by atoms with E-state index in [-0.39, 0.29) is 11.7 Å². The number of hydrogen-bond acceptors (Lipinski definition) is 5. The highest BCUT2D eigenvalue weighted by Crippen LogP contribution is 2.23. The monoisotopic (exact) mass is 292 g/mol. The van der Waals surface area contributed by atoms with E-state index in [4.69, 9.17) is 12.2 Å². The topological polar surface area (TPSA) is 52.9 Å². The first-order valence-electron chi connectivity index (χ1n) is 5.59. The van der Waals surface area contributed by atoms with Gasteiger partial charge < -0.3 is 5.11 Å². The lowest BCUT2D eigenvalue weighted by Crippen LogP contribution is -2.22. The van der Waals surface area contributed by atoms with Crippen LogP contribution in [0.2, 0.25) is 0 Å². The minimum absolute atomic E-state index is 0.145. The molecule has 0 saturated carbocycles. The fourth-order valence-electron chi connectivity index (χ4n) is 1.61. The summed E-state index contributed by atoms with van der Waals surface area (Å²) in [6.45, 7) is 3.64. The zero-order chi connectivity index (χ0) is 13.8. The molecule has 1 fully saturated rings. The van der Waals surface area contributed by atoms with Gasteiger partial charge in [0, 0.05) is 5.56 Å². The van der Waals surface area contributed by atoms with Crippen molar-refractivity contribution in [3.05, 3.63) is 42.0 Å².